The Kier molecular flexibility index (Phi) is 7.47. The molecule has 3 aliphatic rings. The zero-order valence-corrected chi connectivity index (χ0v) is 24.5. The van der Waals surface area contributed by atoms with Crippen molar-refractivity contribution in [2.75, 3.05) is 0 Å². The second-order valence-corrected chi connectivity index (χ2v) is 18.9. The number of fused-ring (bicyclic) bond motifs is 3. The third-order valence-electron chi connectivity index (χ3n) is 11.0. The number of ketones is 1. The lowest BCUT2D eigenvalue weighted by Gasteiger charge is -2.67. The van der Waals surface area contributed by atoms with Crippen LogP contribution in [0.3, 0.4) is 0 Å². The van der Waals surface area contributed by atoms with Gasteiger partial charge < -0.3 is 4.43 Å². The van der Waals surface area contributed by atoms with E-state index in [0.29, 0.717) is 29.1 Å². The van der Waals surface area contributed by atoms with Crippen molar-refractivity contribution in [1.82, 2.24) is 0 Å². The molecule has 0 aromatic carbocycles. The van der Waals surface area contributed by atoms with E-state index < -0.39 is 8.32 Å². The minimum absolute atomic E-state index is 0.137. The van der Waals surface area contributed by atoms with E-state index >= 15 is 0 Å². The molecule has 0 heterocycles. The molecule has 0 unspecified atom stereocenters. The Balaban J connectivity index is 1.86. The molecule has 0 saturated heterocycles. The van der Waals surface area contributed by atoms with E-state index in [1.54, 1.807) is 0 Å². The van der Waals surface area contributed by atoms with Gasteiger partial charge in [-0.15, -0.1) is 11.8 Å². The predicted molar refractivity (Wildman–Crippen MR) is 143 cm³/mol. The van der Waals surface area contributed by atoms with E-state index in [9.17, 15) is 4.79 Å². The smallest absolute Gasteiger partial charge is 0.192 e. The topological polar surface area (TPSA) is 26.3 Å². The Morgan fingerprint density at radius 1 is 0.970 bits per heavy atom. The first kappa shape index (κ1) is 27.0. The van der Waals surface area contributed by atoms with Gasteiger partial charge in [0.25, 0.3) is 0 Å². The van der Waals surface area contributed by atoms with Crippen LogP contribution in [0.5, 0.6) is 0 Å². The lowest BCUT2D eigenvalue weighted by Crippen LogP contribution is -2.63. The average Bonchev–Trinajstić information content (AvgIpc) is 2.68. The molecule has 3 saturated carbocycles. The molecule has 188 valence electrons. The summed E-state index contributed by atoms with van der Waals surface area (Å²) in [6, 6.07) is 0. The van der Waals surface area contributed by atoms with Crippen molar-refractivity contribution in [2.24, 2.45) is 34.0 Å². The first-order chi connectivity index (χ1) is 15.1. The highest BCUT2D eigenvalue weighted by Gasteiger charge is 2.64. The summed E-state index contributed by atoms with van der Waals surface area (Å²) in [5.74, 6) is 8.55. The maximum Gasteiger partial charge on any atom is 0.192 e. The van der Waals surface area contributed by atoms with Gasteiger partial charge in [0.05, 0.1) is 6.10 Å². The first-order valence-electron chi connectivity index (χ1n) is 13.8. The van der Waals surface area contributed by atoms with E-state index in [0.717, 1.165) is 32.1 Å². The van der Waals surface area contributed by atoms with Crippen LogP contribution in [-0.2, 0) is 9.22 Å². The molecule has 0 N–H and O–H groups in total. The SMILES string of the molecule is CCC#CCC[C@@H]1C(=O)CC[C@H]2[C@@]1(C)CC[C@H]1C(C)(C)[C@@H](O[Si](C)(C)C(C)(C)C)CC[C@]21C. The molecule has 0 radical (unpaired) electrons. The van der Waals surface area contributed by atoms with Crippen LogP contribution in [0.4, 0.5) is 0 Å². The molecule has 0 amide bonds. The van der Waals surface area contributed by atoms with Crippen molar-refractivity contribution < 1.29 is 9.22 Å². The second kappa shape index (κ2) is 9.13. The largest absolute Gasteiger partial charge is 0.413 e. The normalized spacial score (nSPS) is 38.7. The van der Waals surface area contributed by atoms with E-state index in [1.165, 1.54) is 25.7 Å². The molecule has 3 fully saturated rings. The molecule has 3 rings (SSSR count). The summed E-state index contributed by atoms with van der Waals surface area (Å²) < 4.78 is 7.10. The van der Waals surface area contributed by atoms with Gasteiger partial charge in [-0.1, -0.05) is 55.4 Å². The highest BCUT2D eigenvalue weighted by atomic mass is 28.4. The Morgan fingerprint density at radius 3 is 2.21 bits per heavy atom. The van der Waals surface area contributed by atoms with Crippen LogP contribution >= 0.6 is 0 Å². The minimum Gasteiger partial charge on any atom is -0.413 e. The zero-order valence-electron chi connectivity index (χ0n) is 23.5. The van der Waals surface area contributed by atoms with Gasteiger partial charge in [-0.25, -0.2) is 0 Å². The van der Waals surface area contributed by atoms with Crippen molar-refractivity contribution in [3.8, 4) is 11.8 Å². The summed E-state index contributed by atoms with van der Waals surface area (Å²) >= 11 is 0. The molecule has 0 aliphatic heterocycles. The third-order valence-corrected chi connectivity index (χ3v) is 15.5. The summed E-state index contributed by atoms with van der Waals surface area (Å²) in [5.41, 5.74) is 0.614. The van der Waals surface area contributed by atoms with Crippen LogP contribution in [0.2, 0.25) is 18.1 Å². The van der Waals surface area contributed by atoms with Crippen LogP contribution < -0.4 is 0 Å². The molecule has 3 heteroatoms. The molecule has 6 atom stereocenters. The number of rotatable bonds is 4. The van der Waals surface area contributed by atoms with Crippen molar-refractivity contribution in [3.05, 3.63) is 0 Å². The van der Waals surface area contributed by atoms with Crippen LogP contribution in [0, 0.1) is 45.8 Å². The summed E-state index contributed by atoms with van der Waals surface area (Å²) in [4.78, 5) is 13.1. The Morgan fingerprint density at radius 2 is 1.61 bits per heavy atom. The molecule has 0 aromatic heterocycles. The maximum atomic E-state index is 13.1. The van der Waals surface area contributed by atoms with Gasteiger partial charge >= 0.3 is 0 Å². The van der Waals surface area contributed by atoms with Crippen LogP contribution in [0.25, 0.3) is 0 Å². The predicted octanol–water partition coefficient (Wildman–Crippen LogP) is 8.41. The first-order valence-corrected chi connectivity index (χ1v) is 16.7. The number of hydrogen-bond donors (Lipinski definition) is 0. The summed E-state index contributed by atoms with van der Waals surface area (Å²) in [6.07, 6.45) is 9.79. The lowest BCUT2D eigenvalue weighted by molar-refractivity contribution is -0.191. The van der Waals surface area contributed by atoms with Gasteiger partial charge in [0, 0.05) is 25.2 Å². The highest BCUT2D eigenvalue weighted by molar-refractivity contribution is 6.74. The molecule has 0 aromatic rings. The molecule has 3 aliphatic carbocycles. The van der Waals surface area contributed by atoms with Crippen molar-refractivity contribution in [2.45, 2.75) is 137 Å². The monoisotopic (exact) mass is 472 g/mol. The fourth-order valence-electron chi connectivity index (χ4n) is 8.13. The Labute approximate surface area is 206 Å². The van der Waals surface area contributed by atoms with E-state index in [4.69, 9.17) is 4.43 Å². The summed E-state index contributed by atoms with van der Waals surface area (Å²) in [6.45, 7) is 24.1. The second-order valence-electron chi connectivity index (χ2n) is 14.2. The molecule has 33 heavy (non-hydrogen) atoms. The number of Topliss-reactive ketones (excluding diaryl/α,β-unsaturated/α-hetero) is 1. The quantitative estimate of drug-likeness (QED) is 0.303. The standard InChI is InChI=1S/C30H52O2Si/c1-11-12-13-14-15-22-23(31)16-17-25-29(22,7)20-18-24-28(5,6)26(19-21-30(24,25)8)32-33(9,10)27(2,3)4/h22,24-26H,11,14-21H2,1-10H3/t22-,24+,25+,26+,29+,30+/m1/s1. The average molecular weight is 473 g/mol. The van der Waals surface area contributed by atoms with Gasteiger partial charge in [0.2, 0.25) is 0 Å². The number of hydrogen-bond acceptors (Lipinski definition) is 2. The maximum absolute atomic E-state index is 13.1. The van der Waals surface area contributed by atoms with E-state index in [1.807, 2.05) is 0 Å². The summed E-state index contributed by atoms with van der Waals surface area (Å²) in [5, 5.41) is 0.243. The van der Waals surface area contributed by atoms with Crippen molar-refractivity contribution >= 4 is 14.1 Å². The Hall–Kier alpha value is -0.593. The van der Waals surface area contributed by atoms with Crippen molar-refractivity contribution in [1.29, 1.82) is 0 Å². The molecule has 0 spiro atoms. The van der Waals surface area contributed by atoms with Gasteiger partial charge in [-0.05, 0) is 84.7 Å². The van der Waals surface area contributed by atoms with Crippen LogP contribution in [-0.4, -0.2) is 20.2 Å². The van der Waals surface area contributed by atoms with Crippen LogP contribution in [0.1, 0.15) is 113 Å². The minimum atomic E-state index is -1.81. The third kappa shape index (κ3) is 4.65. The van der Waals surface area contributed by atoms with Gasteiger partial charge in [0.1, 0.15) is 5.78 Å². The highest BCUT2D eigenvalue weighted by Crippen LogP contribution is 2.69. The molecule has 0 bridgehead atoms. The van der Waals surface area contributed by atoms with E-state index in [-0.39, 0.29) is 21.8 Å². The lowest BCUT2D eigenvalue weighted by atomic mass is 9.39. The molecular weight excluding hydrogens is 420 g/mol. The summed E-state index contributed by atoms with van der Waals surface area (Å²) in [7, 11) is -1.81. The van der Waals surface area contributed by atoms with Gasteiger partial charge in [-0.2, -0.15) is 0 Å². The Bertz CT molecular complexity index is 794. The van der Waals surface area contributed by atoms with E-state index in [2.05, 4.69) is 80.3 Å². The number of carbonyl (C=O) groups excluding carboxylic acids is 1. The molecular formula is C30H52O2Si. The fourth-order valence-corrected chi connectivity index (χ4v) is 9.62. The van der Waals surface area contributed by atoms with Gasteiger partial charge in [-0.3, -0.25) is 4.79 Å². The van der Waals surface area contributed by atoms with Gasteiger partial charge in [0.15, 0.2) is 8.32 Å². The zero-order chi connectivity index (χ0) is 24.9. The molecule has 2 nitrogen and oxygen atoms in total. The fraction of sp³-hybridized carbons (Fsp3) is 0.900. The van der Waals surface area contributed by atoms with Crippen LogP contribution in [0.15, 0.2) is 0 Å². The number of carbonyl (C=O) groups is 1. The van der Waals surface area contributed by atoms with Crippen molar-refractivity contribution in [3.63, 3.8) is 0 Å².